The topological polar surface area (TPSA) is 181 Å². The van der Waals surface area contributed by atoms with E-state index in [9.17, 15) is 15.0 Å². The van der Waals surface area contributed by atoms with Gasteiger partial charge in [0.25, 0.3) is 0 Å². The van der Waals surface area contributed by atoms with E-state index in [-0.39, 0.29) is 41.6 Å². The highest BCUT2D eigenvalue weighted by Crippen LogP contribution is 2.44. The number of benzene rings is 3. The molecule has 56 heavy (non-hydrogen) atoms. The highest BCUT2D eigenvalue weighted by atomic mass is 16.5. The van der Waals surface area contributed by atoms with Crippen LogP contribution >= 0.6 is 0 Å². The molecule has 2 saturated heterocycles. The van der Waals surface area contributed by atoms with Crippen LogP contribution in [0, 0.1) is 10.8 Å². The molecule has 8 rings (SSSR count). The van der Waals surface area contributed by atoms with Crippen molar-refractivity contribution in [3.8, 4) is 23.0 Å². The number of carbonyl (C=O) groups excluding carboxylic acids is 2. The number of pyridine rings is 1. The molecule has 3 aromatic heterocycles. The van der Waals surface area contributed by atoms with Gasteiger partial charge in [-0.2, -0.15) is 5.10 Å². The van der Waals surface area contributed by atoms with E-state index in [1.165, 1.54) is 7.11 Å². The average molecular weight is 757 g/mol. The maximum atomic E-state index is 13.9. The number of carbonyl (C=O) groups is 2. The molecule has 2 fully saturated rings. The number of nitrogens with zero attached hydrogens (tertiary/aromatic N) is 6. The minimum absolute atomic E-state index is 0.0242. The van der Waals surface area contributed by atoms with Crippen LogP contribution in [0.3, 0.4) is 0 Å². The summed E-state index contributed by atoms with van der Waals surface area (Å²) >= 11 is 0. The first-order valence-electron chi connectivity index (χ1n) is 17.9. The maximum Gasteiger partial charge on any atom is 0.213 e. The van der Waals surface area contributed by atoms with Gasteiger partial charge in [-0.15, -0.1) is 0 Å². The Kier molecular flexibility index (Phi) is 8.55. The SMILES string of the molecule is COc1cc(OCc2ccc3oc(C4C(=N)N(c5cc(OC)cc(OC)c5)C(C)(C)C4=O)nc3c2)cc(N2C(=N)C(c3nc4ccccn4n3)C(=O)C2(C)C)c1. The number of aromatic nitrogens is 4. The highest BCUT2D eigenvalue weighted by Gasteiger charge is 2.55. The zero-order chi connectivity index (χ0) is 39.7. The number of fused-ring (bicyclic) bond motifs is 2. The van der Waals surface area contributed by atoms with Crippen LogP contribution in [0.25, 0.3) is 16.7 Å². The summed E-state index contributed by atoms with van der Waals surface area (Å²) < 4.78 is 30.5. The third-order valence-electron chi connectivity index (χ3n) is 10.5. The van der Waals surface area contributed by atoms with Gasteiger partial charge in [0.15, 0.2) is 34.5 Å². The molecule has 2 aliphatic heterocycles. The molecule has 2 aliphatic rings. The maximum absolute atomic E-state index is 13.9. The normalized spacial score (nSPS) is 19.1. The fraction of sp³-hybridized carbons (Fsp3) is 0.293. The molecule has 15 nitrogen and oxygen atoms in total. The van der Waals surface area contributed by atoms with Crippen molar-refractivity contribution in [3.63, 3.8) is 0 Å². The van der Waals surface area contributed by atoms with E-state index in [0.29, 0.717) is 51.1 Å². The summed E-state index contributed by atoms with van der Waals surface area (Å²) in [5, 5.41) is 22.8. The molecule has 15 heteroatoms. The van der Waals surface area contributed by atoms with Crippen molar-refractivity contribution < 1.29 is 33.0 Å². The number of Topliss-reactive ketones (excluding diaryl/α,β-unsaturated/α-hetero) is 2. The summed E-state index contributed by atoms with van der Waals surface area (Å²) in [4.78, 5) is 40.3. The van der Waals surface area contributed by atoms with Gasteiger partial charge >= 0.3 is 0 Å². The molecular weight excluding hydrogens is 716 g/mol. The van der Waals surface area contributed by atoms with Crippen LogP contribution in [0.2, 0.25) is 0 Å². The Morgan fingerprint density at radius 2 is 1.29 bits per heavy atom. The molecule has 0 saturated carbocycles. The molecular formula is C41H40N8O7. The number of ether oxygens (including phenoxy) is 4. The molecule has 3 aromatic carbocycles. The molecule has 286 valence electrons. The number of anilines is 2. The van der Waals surface area contributed by atoms with Gasteiger partial charge in [-0.3, -0.25) is 20.4 Å². The Balaban J connectivity index is 1.04. The number of nitrogens with one attached hydrogen (secondary N) is 2. The van der Waals surface area contributed by atoms with Crippen molar-refractivity contribution in [1.29, 1.82) is 10.8 Å². The lowest BCUT2D eigenvalue weighted by Crippen LogP contribution is -2.44. The zero-order valence-electron chi connectivity index (χ0n) is 31.9. The molecule has 0 amide bonds. The molecule has 0 bridgehead atoms. The summed E-state index contributed by atoms with van der Waals surface area (Å²) in [6.07, 6.45) is 1.75. The minimum atomic E-state index is -1.09. The van der Waals surface area contributed by atoms with Crippen LogP contribution < -0.4 is 28.7 Å². The Bertz CT molecular complexity index is 2540. The van der Waals surface area contributed by atoms with Crippen molar-refractivity contribution in [2.75, 3.05) is 31.1 Å². The Morgan fingerprint density at radius 1 is 0.714 bits per heavy atom. The molecule has 5 heterocycles. The summed E-state index contributed by atoms with van der Waals surface area (Å²) in [7, 11) is 4.62. The second kappa shape index (κ2) is 13.2. The number of hydrogen-bond donors (Lipinski definition) is 2. The minimum Gasteiger partial charge on any atom is -0.497 e. The van der Waals surface area contributed by atoms with Crippen LogP contribution in [0.5, 0.6) is 23.0 Å². The first-order valence-corrected chi connectivity index (χ1v) is 17.9. The van der Waals surface area contributed by atoms with Gasteiger partial charge in [-0.05, 0) is 57.5 Å². The van der Waals surface area contributed by atoms with Crippen molar-refractivity contribution in [1.82, 2.24) is 19.6 Å². The summed E-state index contributed by atoms with van der Waals surface area (Å²) in [6, 6.07) is 21.4. The Labute approximate surface area is 321 Å². The van der Waals surface area contributed by atoms with Crippen LogP contribution in [0.1, 0.15) is 56.8 Å². The van der Waals surface area contributed by atoms with E-state index >= 15 is 0 Å². The van der Waals surface area contributed by atoms with Gasteiger partial charge in [0, 0.05) is 42.6 Å². The van der Waals surface area contributed by atoms with Gasteiger partial charge < -0.3 is 33.2 Å². The monoisotopic (exact) mass is 756 g/mol. The Morgan fingerprint density at radius 3 is 1.89 bits per heavy atom. The predicted octanol–water partition coefficient (Wildman–Crippen LogP) is 6.33. The third-order valence-corrected chi connectivity index (χ3v) is 10.5. The largest absolute Gasteiger partial charge is 0.497 e. The predicted molar refractivity (Wildman–Crippen MR) is 208 cm³/mol. The number of methoxy groups -OCH3 is 3. The average Bonchev–Trinajstić information content (AvgIpc) is 3.88. The Hall–Kier alpha value is -6.77. The van der Waals surface area contributed by atoms with Crippen molar-refractivity contribution in [3.05, 3.63) is 96.3 Å². The van der Waals surface area contributed by atoms with Gasteiger partial charge in [0.05, 0.1) is 32.7 Å². The molecule has 0 spiro atoms. The van der Waals surface area contributed by atoms with E-state index in [2.05, 4.69) is 15.1 Å². The van der Waals surface area contributed by atoms with Crippen LogP contribution in [0.4, 0.5) is 11.4 Å². The second-order valence-electron chi connectivity index (χ2n) is 14.7. The molecule has 2 N–H and O–H groups in total. The number of oxazole rings is 1. The van der Waals surface area contributed by atoms with Crippen LogP contribution in [-0.2, 0) is 16.2 Å². The van der Waals surface area contributed by atoms with E-state index < -0.39 is 22.9 Å². The highest BCUT2D eigenvalue weighted by molar-refractivity contribution is 6.26. The van der Waals surface area contributed by atoms with Crippen molar-refractivity contribution in [2.24, 2.45) is 0 Å². The summed E-state index contributed by atoms with van der Waals surface area (Å²) in [5.41, 5.74) is 1.25. The molecule has 0 radical (unpaired) electrons. The standard InChI is InChI=1S/C41H40N8O7/c1-40(2)34(50)32(38-45-31-10-8-9-13-47(31)46-38)36(42)48(40)24-17-27(54-7)20-28(18-24)55-21-22-11-12-30-29(14-22)44-39(56-30)33-35(51)41(3,4)49(37(33)43)23-15-25(52-5)19-26(16-23)53-6/h8-20,32-33,42-43H,21H2,1-7H3. The van der Waals surface area contributed by atoms with Gasteiger partial charge in [-0.1, -0.05) is 12.1 Å². The lowest BCUT2D eigenvalue weighted by atomic mass is 9.93. The molecule has 2 atom stereocenters. The van der Waals surface area contributed by atoms with Crippen LogP contribution in [-0.4, -0.2) is 75.2 Å². The summed E-state index contributed by atoms with van der Waals surface area (Å²) in [6.45, 7) is 7.21. The fourth-order valence-electron chi connectivity index (χ4n) is 7.58. The lowest BCUT2D eigenvalue weighted by Gasteiger charge is -2.32. The quantitative estimate of drug-likeness (QED) is 0.159. The molecule has 6 aromatic rings. The smallest absolute Gasteiger partial charge is 0.213 e. The summed E-state index contributed by atoms with van der Waals surface area (Å²) in [5.74, 6) is 0.0253. The van der Waals surface area contributed by atoms with Crippen molar-refractivity contribution in [2.45, 2.75) is 57.2 Å². The zero-order valence-corrected chi connectivity index (χ0v) is 31.9. The number of hydrogen-bond acceptors (Lipinski definition) is 12. The van der Waals surface area contributed by atoms with E-state index in [4.69, 9.17) is 28.8 Å². The molecule has 0 aliphatic carbocycles. The van der Waals surface area contributed by atoms with E-state index in [0.717, 1.165) is 5.56 Å². The third kappa shape index (κ3) is 5.77. The lowest BCUT2D eigenvalue weighted by molar-refractivity contribution is -0.122. The van der Waals surface area contributed by atoms with Gasteiger partial charge in [0.2, 0.25) is 5.89 Å². The van der Waals surface area contributed by atoms with Crippen molar-refractivity contribution >= 4 is 51.4 Å². The number of rotatable bonds is 10. The fourth-order valence-corrected chi connectivity index (χ4v) is 7.58. The second-order valence-corrected chi connectivity index (χ2v) is 14.7. The number of amidine groups is 2. The van der Waals surface area contributed by atoms with E-state index in [1.807, 2.05) is 24.3 Å². The van der Waals surface area contributed by atoms with Gasteiger partial charge in [0.1, 0.15) is 63.8 Å². The number of ketones is 2. The first-order chi connectivity index (χ1) is 26.7. The van der Waals surface area contributed by atoms with Gasteiger partial charge in [-0.25, -0.2) is 14.5 Å². The molecule has 2 unspecified atom stereocenters. The first kappa shape index (κ1) is 36.2. The van der Waals surface area contributed by atoms with E-state index in [1.54, 1.807) is 111 Å². The van der Waals surface area contributed by atoms with Crippen LogP contribution in [0.15, 0.2) is 83.4 Å².